The maximum Gasteiger partial charge on any atom is 0.397 e. The zero-order valence-corrected chi connectivity index (χ0v) is 19.1. The summed E-state index contributed by atoms with van der Waals surface area (Å²) in [5, 5.41) is 0. The molecule has 6 unspecified atom stereocenters. The molecular formula is C24H30F3N3O3. The lowest BCUT2D eigenvalue weighted by molar-refractivity contribution is -0.166. The van der Waals surface area contributed by atoms with Crippen LogP contribution >= 0.6 is 0 Å². The Labute approximate surface area is 191 Å². The van der Waals surface area contributed by atoms with Gasteiger partial charge in [-0.3, -0.25) is 19.5 Å². The molecule has 3 saturated heterocycles. The number of fused-ring (bicyclic) bond motifs is 4. The highest BCUT2D eigenvalue weighted by molar-refractivity contribution is 5.78. The number of likely N-dealkylation sites (tertiary alicyclic amines) is 1. The highest BCUT2D eigenvalue weighted by atomic mass is 19.4. The fourth-order valence-corrected chi connectivity index (χ4v) is 6.51. The third kappa shape index (κ3) is 3.82. The summed E-state index contributed by atoms with van der Waals surface area (Å²) < 4.78 is 45.3. The predicted octanol–water partition coefficient (Wildman–Crippen LogP) is 3.56. The molecule has 3 aliphatic heterocycles. The summed E-state index contributed by atoms with van der Waals surface area (Å²) >= 11 is 0. The number of nitrogens with zero attached hydrogens (tertiary/aromatic N) is 3. The summed E-state index contributed by atoms with van der Waals surface area (Å²) in [7, 11) is 0. The van der Waals surface area contributed by atoms with Crippen LogP contribution in [0.2, 0.25) is 0 Å². The lowest BCUT2D eigenvalue weighted by atomic mass is 9.86. The van der Waals surface area contributed by atoms with E-state index in [1.807, 2.05) is 18.2 Å². The van der Waals surface area contributed by atoms with Gasteiger partial charge in [0.25, 0.3) is 0 Å². The first-order valence-corrected chi connectivity index (χ1v) is 11.6. The highest BCUT2D eigenvalue weighted by Gasteiger charge is 2.77. The van der Waals surface area contributed by atoms with Crippen LogP contribution < -0.4 is 0 Å². The minimum absolute atomic E-state index is 0.0507. The first-order valence-electron chi connectivity index (χ1n) is 11.6. The fourth-order valence-electron chi connectivity index (χ4n) is 6.51. The molecule has 6 nitrogen and oxygen atoms in total. The Bertz CT molecular complexity index is 948. The van der Waals surface area contributed by atoms with Crippen LogP contribution in [0, 0.1) is 16.7 Å². The summed E-state index contributed by atoms with van der Waals surface area (Å²) in [5.74, 6) is -1.02. The second kappa shape index (κ2) is 7.42. The number of esters is 1. The molecule has 5 rings (SSSR count). The first-order chi connectivity index (χ1) is 15.4. The number of rotatable bonds is 4. The van der Waals surface area contributed by atoms with Crippen molar-refractivity contribution in [3.05, 3.63) is 30.1 Å². The van der Waals surface area contributed by atoms with E-state index in [1.54, 1.807) is 27.0 Å². The van der Waals surface area contributed by atoms with Crippen LogP contribution in [-0.2, 0) is 20.9 Å². The van der Waals surface area contributed by atoms with E-state index in [2.05, 4.69) is 9.88 Å². The molecular weight excluding hydrogens is 435 g/mol. The summed E-state index contributed by atoms with van der Waals surface area (Å²) in [6.45, 7) is 6.29. The number of aromatic nitrogens is 1. The average molecular weight is 466 g/mol. The molecule has 1 amide bonds. The number of piperidine rings is 2. The molecule has 9 heteroatoms. The van der Waals surface area contributed by atoms with Gasteiger partial charge in [-0.05, 0) is 58.1 Å². The van der Waals surface area contributed by atoms with Crippen LogP contribution in [0.15, 0.2) is 24.4 Å². The van der Waals surface area contributed by atoms with E-state index < -0.39 is 29.3 Å². The van der Waals surface area contributed by atoms with E-state index in [0.717, 1.165) is 18.5 Å². The maximum absolute atomic E-state index is 13.1. The Hall–Kier alpha value is -2.16. The number of hydrogen-bond acceptors (Lipinski definition) is 5. The van der Waals surface area contributed by atoms with Gasteiger partial charge in [0.05, 0.1) is 17.2 Å². The summed E-state index contributed by atoms with van der Waals surface area (Å²) in [6, 6.07) is 5.32. The zero-order valence-electron chi connectivity index (χ0n) is 19.1. The molecule has 4 fully saturated rings. The van der Waals surface area contributed by atoms with E-state index >= 15 is 0 Å². The van der Waals surface area contributed by atoms with Gasteiger partial charge in [-0.1, -0.05) is 6.07 Å². The van der Waals surface area contributed by atoms with Crippen LogP contribution in [0.3, 0.4) is 0 Å². The number of carbonyl (C=O) groups excluding carboxylic acids is 2. The summed E-state index contributed by atoms with van der Waals surface area (Å²) in [6.07, 6.45) is -2.43. The normalized spacial score (nSPS) is 35.2. The number of alkyl halides is 3. The van der Waals surface area contributed by atoms with Gasteiger partial charge < -0.3 is 9.64 Å². The van der Waals surface area contributed by atoms with Crippen molar-refractivity contribution in [1.29, 1.82) is 0 Å². The van der Waals surface area contributed by atoms with Gasteiger partial charge in [0.2, 0.25) is 5.91 Å². The number of carbonyl (C=O) groups is 2. The van der Waals surface area contributed by atoms with E-state index in [-0.39, 0.29) is 36.1 Å². The van der Waals surface area contributed by atoms with Crippen molar-refractivity contribution in [2.45, 2.75) is 83.4 Å². The molecule has 1 saturated carbocycles. The van der Waals surface area contributed by atoms with Crippen molar-refractivity contribution in [2.75, 3.05) is 6.54 Å². The molecule has 1 aromatic heterocycles. The second-order valence-electron chi connectivity index (χ2n) is 11.2. The topological polar surface area (TPSA) is 62.7 Å². The molecule has 6 atom stereocenters. The van der Waals surface area contributed by atoms with Crippen LogP contribution in [0.4, 0.5) is 13.2 Å². The van der Waals surface area contributed by atoms with E-state index in [0.29, 0.717) is 19.5 Å². The minimum atomic E-state index is -4.55. The number of hydrogen-bond donors (Lipinski definition) is 0. The van der Waals surface area contributed by atoms with Gasteiger partial charge in [-0.25, -0.2) is 0 Å². The molecule has 1 aromatic rings. The van der Waals surface area contributed by atoms with Crippen LogP contribution in [-0.4, -0.2) is 63.6 Å². The van der Waals surface area contributed by atoms with E-state index in [4.69, 9.17) is 4.74 Å². The van der Waals surface area contributed by atoms with Crippen molar-refractivity contribution in [1.82, 2.24) is 14.8 Å². The van der Waals surface area contributed by atoms with Crippen LogP contribution in [0.1, 0.15) is 52.1 Å². The van der Waals surface area contributed by atoms with Crippen LogP contribution in [0.5, 0.6) is 0 Å². The largest absolute Gasteiger partial charge is 0.461 e. The maximum atomic E-state index is 13.1. The standard InChI is InChI=1S/C24H30F3N3O3/c1-22(2,3)21(32)33-18-10-23(18)17-9-14-8-16(29(17)13-15-6-4-5-7-28-15)20(23)30(12-14)19(31)11-24(25,26)27/h4-7,14,16-18,20H,8-13H2,1-3H3. The molecule has 3 bridgehead atoms. The van der Waals surface area contributed by atoms with Gasteiger partial charge in [0.1, 0.15) is 12.5 Å². The average Bonchev–Trinajstić information content (AvgIpc) is 3.41. The molecule has 33 heavy (non-hydrogen) atoms. The third-order valence-electron chi connectivity index (χ3n) is 7.87. The molecule has 0 aromatic carbocycles. The van der Waals surface area contributed by atoms with Crippen molar-refractivity contribution in [2.24, 2.45) is 16.7 Å². The number of amides is 1. The molecule has 1 aliphatic carbocycles. The van der Waals surface area contributed by atoms with Crippen molar-refractivity contribution in [3.8, 4) is 0 Å². The molecule has 0 radical (unpaired) electrons. The van der Waals surface area contributed by atoms with Gasteiger partial charge >= 0.3 is 12.1 Å². The first kappa shape index (κ1) is 22.6. The minimum Gasteiger partial charge on any atom is -0.461 e. The van der Waals surface area contributed by atoms with Crippen molar-refractivity contribution in [3.63, 3.8) is 0 Å². The van der Waals surface area contributed by atoms with E-state index in [1.165, 1.54) is 4.90 Å². The molecule has 4 aliphatic rings. The summed E-state index contributed by atoms with van der Waals surface area (Å²) in [5.41, 5.74) is -0.290. The van der Waals surface area contributed by atoms with Gasteiger partial charge in [-0.2, -0.15) is 13.2 Å². The smallest absolute Gasteiger partial charge is 0.397 e. The van der Waals surface area contributed by atoms with Gasteiger partial charge in [0, 0.05) is 36.8 Å². The van der Waals surface area contributed by atoms with E-state index in [9.17, 15) is 22.8 Å². The number of pyridine rings is 1. The van der Waals surface area contributed by atoms with Gasteiger partial charge in [-0.15, -0.1) is 0 Å². The Kier molecular flexibility index (Phi) is 5.09. The van der Waals surface area contributed by atoms with Crippen molar-refractivity contribution < 1.29 is 27.5 Å². The monoisotopic (exact) mass is 465 g/mol. The Morgan fingerprint density at radius 2 is 1.97 bits per heavy atom. The fraction of sp³-hybridized carbons (Fsp3) is 0.708. The highest BCUT2D eigenvalue weighted by Crippen LogP contribution is 2.68. The Morgan fingerprint density at radius 1 is 1.21 bits per heavy atom. The number of ether oxygens (including phenoxy) is 1. The lowest BCUT2D eigenvalue weighted by Gasteiger charge is -2.47. The zero-order chi connectivity index (χ0) is 23.8. The van der Waals surface area contributed by atoms with Gasteiger partial charge in [0.15, 0.2) is 0 Å². The second-order valence-corrected chi connectivity index (χ2v) is 11.2. The predicted molar refractivity (Wildman–Crippen MR) is 113 cm³/mol. The lowest BCUT2D eigenvalue weighted by Crippen LogP contribution is -2.58. The third-order valence-corrected chi connectivity index (χ3v) is 7.87. The number of halogens is 3. The molecule has 1 spiro atoms. The quantitative estimate of drug-likeness (QED) is 0.637. The molecule has 0 N–H and O–H groups in total. The molecule has 180 valence electrons. The summed E-state index contributed by atoms with van der Waals surface area (Å²) in [4.78, 5) is 33.8. The Balaban J connectivity index is 1.48. The van der Waals surface area contributed by atoms with Crippen molar-refractivity contribution >= 4 is 11.9 Å². The Morgan fingerprint density at radius 3 is 2.61 bits per heavy atom. The SMILES string of the molecule is CC(C)(C)C(=O)OC1CC12C1C3CC(CC2N3Cc2ccccn2)CN1C(=O)CC(F)(F)F. The van der Waals surface area contributed by atoms with Crippen LogP contribution in [0.25, 0.3) is 0 Å². The molecule has 4 heterocycles.